The minimum absolute atomic E-state index is 0.659. The van der Waals surface area contributed by atoms with Gasteiger partial charge in [0.25, 0.3) is 0 Å². The molecule has 0 aliphatic carbocycles. The number of rotatable bonds is 5. The Morgan fingerprint density at radius 2 is 2.04 bits per heavy atom. The standard InChI is InChI=1S/C17H20N4O3/c22-5-1-2-13-8-15-17(19-24-18-15)16(9-13)21-11-14(12-21)10-20-3-6-23-7-4-20/h1-2,5,8-9,14H,3-4,6-7,10-12H2/b2-1+. The van der Waals surface area contributed by atoms with Crippen LogP contribution in [0.25, 0.3) is 17.1 Å². The van der Waals surface area contributed by atoms with Crippen molar-refractivity contribution in [3.63, 3.8) is 0 Å². The first-order valence-electron chi connectivity index (χ1n) is 8.26. The van der Waals surface area contributed by atoms with Gasteiger partial charge in [-0.25, -0.2) is 4.63 Å². The first-order valence-corrected chi connectivity index (χ1v) is 8.26. The molecule has 0 saturated carbocycles. The molecule has 0 spiro atoms. The van der Waals surface area contributed by atoms with Crippen LogP contribution in [0, 0.1) is 5.92 Å². The van der Waals surface area contributed by atoms with E-state index in [2.05, 4.69) is 20.1 Å². The van der Waals surface area contributed by atoms with E-state index in [1.54, 1.807) is 6.08 Å². The summed E-state index contributed by atoms with van der Waals surface area (Å²) >= 11 is 0. The predicted molar refractivity (Wildman–Crippen MR) is 89.9 cm³/mol. The van der Waals surface area contributed by atoms with Crippen molar-refractivity contribution in [2.45, 2.75) is 0 Å². The average Bonchev–Trinajstić information content (AvgIpc) is 3.05. The number of hydrogen-bond acceptors (Lipinski definition) is 7. The number of aldehydes is 1. The summed E-state index contributed by atoms with van der Waals surface area (Å²) in [5.74, 6) is 0.659. The van der Waals surface area contributed by atoms with Gasteiger partial charge in [0, 0.05) is 38.6 Å². The molecule has 4 rings (SSSR count). The maximum Gasteiger partial charge on any atom is 0.158 e. The molecule has 2 aliphatic heterocycles. The van der Waals surface area contributed by atoms with Crippen molar-refractivity contribution in [1.82, 2.24) is 15.2 Å². The van der Waals surface area contributed by atoms with Gasteiger partial charge in [0.05, 0.1) is 18.9 Å². The summed E-state index contributed by atoms with van der Waals surface area (Å²) in [4.78, 5) is 15.3. The van der Waals surface area contributed by atoms with Gasteiger partial charge in [-0.3, -0.25) is 9.69 Å². The summed E-state index contributed by atoms with van der Waals surface area (Å²) < 4.78 is 10.3. The van der Waals surface area contributed by atoms with Gasteiger partial charge in [-0.05, 0) is 34.1 Å². The lowest BCUT2D eigenvalue weighted by Gasteiger charge is -2.43. The van der Waals surface area contributed by atoms with Crippen molar-refractivity contribution in [1.29, 1.82) is 0 Å². The topological polar surface area (TPSA) is 71.7 Å². The van der Waals surface area contributed by atoms with Crippen LogP contribution in [0.1, 0.15) is 5.56 Å². The van der Waals surface area contributed by atoms with Crippen molar-refractivity contribution < 1.29 is 14.2 Å². The minimum atomic E-state index is 0.659. The summed E-state index contributed by atoms with van der Waals surface area (Å²) in [7, 11) is 0. The summed E-state index contributed by atoms with van der Waals surface area (Å²) in [5, 5.41) is 7.98. The van der Waals surface area contributed by atoms with E-state index in [9.17, 15) is 4.79 Å². The summed E-state index contributed by atoms with van der Waals surface area (Å²) in [5.41, 5.74) is 3.45. The Morgan fingerprint density at radius 1 is 1.21 bits per heavy atom. The highest BCUT2D eigenvalue weighted by molar-refractivity contribution is 5.91. The summed E-state index contributed by atoms with van der Waals surface area (Å²) in [6, 6.07) is 3.91. The third-order valence-electron chi connectivity index (χ3n) is 4.65. The molecule has 2 aromatic rings. The third-order valence-corrected chi connectivity index (χ3v) is 4.65. The lowest BCUT2D eigenvalue weighted by molar-refractivity contribution is -0.104. The Labute approximate surface area is 139 Å². The van der Waals surface area contributed by atoms with Crippen LogP contribution < -0.4 is 4.90 Å². The number of fused-ring (bicyclic) bond motifs is 1. The molecule has 1 aromatic heterocycles. The second kappa shape index (κ2) is 6.70. The van der Waals surface area contributed by atoms with E-state index in [4.69, 9.17) is 9.37 Å². The molecule has 0 amide bonds. The van der Waals surface area contributed by atoms with Crippen molar-refractivity contribution in [3.8, 4) is 0 Å². The first kappa shape index (κ1) is 15.3. The monoisotopic (exact) mass is 328 g/mol. The van der Waals surface area contributed by atoms with E-state index in [0.717, 1.165) is 74.5 Å². The van der Waals surface area contributed by atoms with Gasteiger partial charge in [0.2, 0.25) is 0 Å². The highest BCUT2D eigenvalue weighted by Gasteiger charge is 2.31. The lowest BCUT2D eigenvalue weighted by Crippen LogP contribution is -2.53. The number of benzene rings is 1. The van der Waals surface area contributed by atoms with Crippen LogP contribution in [0.2, 0.25) is 0 Å². The maximum absolute atomic E-state index is 10.6. The highest BCUT2D eigenvalue weighted by atomic mass is 16.6. The second-order valence-corrected chi connectivity index (χ2v) is 6.35. The Bertz CT molecular complexity index is 745. The molecule has 24 heavy (non-hydrogen) atoms. The van der Waals surface area contributed by atoms with E-state index in [0.29, 0.717) is 5.92 Å². The molecule has 126 valence electrons. The molecule has 0 unspecified atom stereocenters. The number of aromatic nitrogens is 2. The van der Waals surface area contributed by atoms with Gasteiger partial charge in [-0.2, -0.15) is 0 Å². The molecule has 2 aliphatic rings. The van der Waals surface area contributed by atoms with Gasteiger partial charge >= 0.3 is 0 Å². The highest BCUT2D eigenvalue weighted by Crippen LogP contribution is 2.32. The summed E-state index contributed by atoms with van der Waals surface area (Å²) in [6.07, 6.45) is 4.03. The van der Waals surface area contributed by atoms with Crippen molar-refractivity contribution >= 4 is 29.1 Å². The van der Waals surface area contributed by atoms with E-state index in [1.165, 1.54) is 6.08 Å². The fraction of sp³-hybridized carbons (Fsp3) is 0.471. The Hall–Kier alpha value is -2.25. The zero-order valence-corrected chi connectivity index (χ0v) is 13.4. The minimum Gasteiger partial charge on any atom is -0.379 e. The number of hydrogen-bond donors (Lipinski definition) is 0. The number of ether oxygens (including phenoxy) is 1. The molecule has 7 heteroatoms. The smallest absolute Gasteiger partial charge is 0.158 e. The molecule has 1 aromatic carbocycles. The van der Waals surface area contributed by atoms with Gasteiger partial charge in [-0.1, -0.05) is 6.08 Å². The van der Waals surface area contributed by atoms with Crippen molar-refractivity contribution in [3.05, 3.63) is 23.8 Å². The largest absolute Gasteiger partial charge is 0.379 e. The van der Waals surface area contributed by atoms with E-state index in [1.807, 2.05) is 12.1 Å². The van der Waals surface area contributed by atoms with Gasteiger partial charge in [0.1, 0.15) is 11.8 Å². The van der Waals surface area contributed by atoms with Crippen LogP contribution >= 0.6 is 0 Å². The summed E-state index contributed by atoms with van der Waals surface area (Å²) in [6.45, 7) is 6.85. The number of nitrogens with zero attached hydrogens (tertiary/aromatic N) is 4. The number of anilines is 1. The molecule has 0 radical (unpaired) electrons. The number of allylic oxidation sites excluding steroid dienone is 1. The maximum atomic E-state index is 10.6. The van der Waals surface area contributed by atoms with Gasteiger partial charge < -0.3 is 9.64 Å². The van der Waals surface area contributed by atoms with Crippen LogP contribution in [0.15, 0.2) is 22.8 Å². The van der Waals surface area contributed by atoms with Crippen LogP contribution in [-0.4, -0.2) is 67.4 Å². The number of morpholine rings is 1. The zero-order chi connectivity index (χ0) is 16.4. The molecule has 7 nitrogen and oxygen atoms in total. The van der Waals surface area contributed by atoms with E-state index in [-0.39, 0.29) is 0 Å². The molecule has 2 fully saturated rings. The van der Waals surface area contributed by atoms with Crippen LogP contribution in [0.5, 0.6) is 0 Å². The Balaban J connectivity index is 1.47. The molecule has 0 atom stereocenters. The van der Waals surface area contributed by atoms with Gasteiger partial charge in [-0.15, -0.1) is 0 Å². The van der Waals surface area contributed by atoms with E-state index >= 15 is 0 Å². The Morgan fingerprint density at radius 3 is 2.83 bits per heavy atom. The Kier molecular flexibility index (Phi) is 4.27. The number of carbonyl (C=O) groups is 1. The van der Waals surface area contributed by atoms with Crippen LogP contribution in [0.4, 0.5) is 5.69 Å². The fourth-order valence-corrected chi connectivity index (χ4v) is 3.41. The van der Waals surface area contributed by atoms with Crippen LogP contribution in [0.3, 0.4) is 0 Å². The zero-order valence-electron chi connectivity index (χ0n) is 13.4. The normalized spacial score (nSPS) is 19.9. The molecule has 0 bridgehead atoms. The SMILES string of the molecule is O=C/C=C/c1cc(N2CC(CN3CCOCC3)C2)c2nonc2c1. The lowest BCUT2D eigenvalue weighted by atomic mass is 9.97. The second-order valence-electron chi connectivity index (χ2n) is 6.35. The van der Waals surface area contributed by atoms with Gasteiger partial charge in [0.15, 0.2) is 5.52 Å². The first-order chi connectivity index (χ1) is 11.8. The van der Waals surface area contributed by atoms with E-state index < -0.39 is 0 Å². The van der Waals surface area contributed by atoms with Crippen LogP contribution in [-0.2, 0) is 9.53 Å². The molecule has 2 saturated heterocycles. The molecule has 3 heterocycles. The fourth-order valence-electron chi connectivity index (χ4n) is 3.41. The quantitative estimate of drug-likeness (QED) is 0.603. The van der Waals surface area contributed by atoms with Crippen molar-refractivity contribution in [2.24, 2.45) is 5.92 Å². The molecular formula is C17H20N4O3. The van der Waals surface area contributed by atoms with Crippen molar-refractivity contribution in [2.75, 3.05) is 50.8 Å². The molecular weight excluding hydrogens is 308 g/mol. The predicted octanol–water partition coefficient (Wildman–Crippen LogP) is 1.20. The molecule has 0 N–H and O–H groups in total. The average molecular weight is 328 g/mol. The number of carbonyl (C=O) groups excluding carboxylic acids is 1. The third kappa shape index (κ3) is 3.05.